The van der Waals surface area contributed by atoms with Crippen molar-refractivity contribution in [3.8, 4) is 11.5 Å². The average molecular weight is 387 g/mol. The van der Waals surface area contributed by atoms with Crippen LogP contribution >= 0.6 is 11.8 Å². The van der Waals surface area contributed by atoms with E-state index in [1.807, 2.05) is 18.2 Å². The third kappa shape index (κ3) is 4.56. The van der Waals surface area contributed by atoms with E-state index in [0.717, 1.165) is 29.9 Å². The minimum atomic E-state index is -0.241. The lowest BCUT2D eigenvalue weighted by Crippen LogP contribution is -2.30. The first-order chi connectivity index (χ1) is 13.2. The molecule has 142 valence electrons. The first kappa shape index (κ1) is 18.2. The minimum Gasteiger partial charge on any atom is -0.486 e. The molecule has 1 unspecified atom stereocenters. The van der Waals surface area contributed by atoms with Gasteiger partial charge >= 0.3 is 0 Å². The molecule has 1 heterocycles. The Labute approximate surface area is 162 Å². The van der Waals surface area contributed by atoms with Crippen LogP contribution in [0.4, 0.5) is 4.39 Å². The SMILES string of the molecule is O=C(CCSc1ccccc1F)NC(c1ccc2c(c1)OCCO2)C1CC1. The van der Waals surface area contributed by atoms with Gasteiger partial charge in [0.05, 0.1) is 6.04 Å². The van der Waals surface area contributed by atoms with Crippen molar-refractivity contribution in [1.82, 2.24) is 5.32 Å². The Hall–Kier alpha value is -2.21. The maximum absolute atomic E-state index is 13.7. The zero-order valence-electron chi connectivity index (χ0n) is 14.9. The van der Waals surface area contributed by atoms with Crippen molar-refractivity contribution in [1.29, 1.82) is 0 Å². The number of hydrogen-bond donors (Lipinski definition) is 1. The molecule has 1 saturated carbocycles. The Kier molecular flexibility index (Phi) is 5.53. The lowest BCUT2D eigenvalue weighted by Gasteiger charge is -2.23. The monoisotopic (exact) mass is 387 g/mol. The first-order valence-electron chi connectivity index (χ1n) is 9.27. The van der Waals surface area contributed by atoms with E-state index in [-0.39, 0.29) is 17.8 Å². The second kappa shape index (κ2) is 8.21. The van der Waals surface area contributed by atoms with Crippen molar-refractivity contribution in [2.75, 3.05) is 19.0 Å². The Morgan fingerprint density at radius 2 is 1.93 bits per heavy atom. The van der Waals surface area contributed by atoms with Gasteiger partial charge in [0.1, 0.15) is 19.0 Å². The van der Waals surface area contributed by atoms with Crippen molar-refractivity contribution < 1.29 is 18.7 Å². The zero-order chi connectivity index (χ0) is 18.6. The number of fused-ring (bicyclic) bond motifs is 1. The van der Waals surface area contributed by atoms with E-state index in [2.05, 4.69) is 5.32 Å². The number of carbonyl (C=O) groups excluding carboxylic acids is 1. The summed E-state index contributed by atoms with van der Waals surface area (Å²) >= 11 is 1.37. The second-order valence-corrected chi connectivity index (χ2v) is 7.95. The summed E-state index contributed by atoms with van der Waals surface area (Å²) in [5.41, 5.74) is 1.05. The van der Waals surface area contributed by atoms with Gasteiger partial charge in [0.2, 0.25) is 5.91 Å². The van der Waals surface area contributed by atoms with Gasteiger partial charge in [0, 0.05) is 17.1 Å². The molecule has 4 nitrogen and oxygen atoms in total. The van der Waals surface area contributed by atoms with Crippen LogP contribution in [0.5, 0.6) is 11.5 Å². The molecule has 2 aromatic rings. The van der Waals surface area contributed by atoms with Gasteiger partial charge in [-0.25, -0.2) is 4.39 Å². The van der Waals surface area contributed by atoms with Crippen molar-refractivity contribution in [2.24, 2.45) is 5.92 Å². The number of nitrogens with one attached hydrogen (secondary N) is 1. The molecule has 1 aliphatic carbocycles. The fraction of sp³-hybridized carbons (Fsp3) is 0.381. The first-order valence-corrected chi connectivity index (χ1v) is 10.3. The van der Waals surface area contributed by atoms with Gasteiger partial charge in [-0.05, 0) is 48.6 Å². The number of rotatable bonds is 7. The Morgan fingerprint density at radius 1 is 1.15 bits per heavy atom. The molecular formula is C21H22FNO3S. The van der Waals surface area contributed by atoms with Crippen LogP contribution in [0.2, 0.25) is 0 Å². The number of ether oxygens (including phenoxy) is 2. The fourth-order valence-electron chi connectivity index (χ4n) is 3.22. The summed E-state index contributed by atoms with van der Waals surface area (Å²) in [5, 5.41) is 3.16. The summed E-state index contributed by atoms with van der Waals surface area (Å²) in [4.78, 5) is 13.0. The standard InChI is InChI=1S/C21H22FNO3S/c22-16-3-1-2-4-19(16)27-12-9-20(24)23-21(14-5-6-14)15-7-8-17-18(13-15)26-11-10-25-17/h1-4,7-8,13-14,21H,5-6,9-12H2,(H,23,24). The van der Waals surface area contributed by atoms with Gasteiger partial charge in [0.25, 0.3) is 0 Å². The smallest absolute Gasteiger partial charge is 0.221 e. The highest BCUT2D eigenvalue weighted by atomic mass is 32.2. The number of benzene rings is 2. The topological polar surface area (TPSA) is 47.6 Å². The van der Waals surface area contributed by atoms with Crippen LogP contribution in [0.1, 0.15) is 30.9 Å². The summed E-state index contributed by atoms with van der Waals surface area (Å²) < 4.78 is 24.9. The molecule has 0 saturated heterocycles. The average Bonchev–Trinajstić information content (AvgIpc) is 3.52. The van der Waals surface area contributed by atoms with Gasteiger partial charge in [-0.2, -0.15) is 0 Å². The molecule has 6 heteroatoms. The van der Waals surface area contributed by atoms with Gasteiger partial charge in [-0.3, -0.25) is 4.79 Å². The molecule has 1 N–H and O–H groups in total. The maximum atomic E-state index is 13.7. The fourth-order valence-corrected chi connectivity index (χ4v) is 4.11. The molecule has 1 aliphatic heterocycles. The summed E-state index contributed by atoms with van der Waals surface area (Å²) in [6.07, 6.45) is 2.58. The van der Waals surface area contributed by atoms with E-state index >= 15 is 0 Å². The van der Waals surface area contributed by atoms with Crippen molar-refractivity contribution >= 4 is 17.7 Å². The molecule has 1 atom stereocenters. The van der Waals surface area contributed by atoms with Crippen LogP contribution in [-0.2, 0) is 4.79 Å². The molecule has 27 heavy (non-hydrogen) atoms. The summed E-state index contributed by atoms with van der Waals surface area (Å²) in [6, 6.07) is 12.5. The number of amides is 1. The Balaban J connectivity index is 1.36. The van der Waals surface area contributed by atoms with E-state index < -0.39 is 0 Å². The molecule has 2 aromatic carbocycles. The van der Waals surface area contributed by atoms with E-state index in [1.54, 1.807) is 18.2 Å². The van der Waals surface area contributed by atoms with Crippen molar-refractivity contribution in [3.63, 3.8) is 0 Å². The summed E-state index contributed by atoms with van der Waals surface area (Å²) in [7, 11) is 0. The molecule has 0 radical (unpaired) electrons. The maximum Gasteiger partial charge on any atom is 0.221 e. The molecule has 1 fully saturated rings. The van der Waals surface area contributed by atoms with Crippen LogP contribution in [0, 0.1) is 11.7 Å². The molecule has 0 bridgehead atoms. The lowest BCUT2D eigenvalue weighted by atomic mass is 10.0. The van der Waals surface area contributed by atoms with Crippen molar-refractivity contribution in [3.05, 3.63) is 53.8 Å². The van der Waals surface area contributed by atoms with Gasteiger partial charge in [-0.15, -0.1) is 11.8 Å². The van der Waals surface area contributed by atoms with Crippen LogP contribution in [0.25, 0.3) is 0 Å². The molecule has 2 aliphatic rings. The number of hydrogen-bond acceptors (Lipinski definition) is 4. The molecule has 0 spiro atoms. The number of carbonyl (C=O) groups is 1. The summed E-state index contributed by atoms with van der Waals surface area (Å²) in [5.74, 6) is 2.27. The molecule has 4 rings (SSSR count). The highest BCUT2D eigenvalue weighted by molar-refractivity contribution is 7.99. The van der Waals surface area contributed by atoms with Gasteiger partial charge in [0.15, 0.2) is 11.5 Å². The van der Waals surface area contributed by atoms with Crippen LogP contribution in [-0.4, -0.2) is 24.9 Å². The lowest BCUT2D eigenvalue weighted by molar-refractivity contribution is -0.121. The van der Waals surface area contributed by atoms with E-state index in [9.17, 15) is 9.18 Å². The largest absolute Gasteiger partial charge is 0.486 e. The van der Waals surface area contributed by atoms with Crippen LogP contribution in [0.3, 0.4) is 0 Å². The predicted molar refractivity (Wildman–Crippen MR) is 103 cm³/mol. The highest BCUT2D eigenvalue weighted by Gasteiger charge is 2.34. The normalized spacial score (nSPS) is 16.6. The summed E-state index contributed by atoms with van der Waals surface area (Å²) in [6.45, 7) is 1.11. The third-order valence-electron chi connectivity index (χ3n) is 4.76. The van der Waals surface area contributed by atoms with Gasteiger partial charge < -0.3 is 14.8 Å². The van der Waals surface area contributed by atoms with Crippen LogP contribution < -0.4 is 14.8 Å². The van der Waals surface area contributed by atoms with Gasteiger partial charge in [-0.1, -0.05) is 18.2 Å². The molecule has 0 aromatic heterocycles. The molecular weight excluding hydrogens is 365 g/mol. The minimum absolute atomic E-state index is 0.00760. The van der Waals surface area contributed by atoms with E-state index in [0.29, 0.717) is 36.2 Å². The van der Waals surface area contributed by atoms with E-state index in [1.165, 1.54) is 17.8 Å². The highest BCUT2D eigenvalue weighted by Crippen LogP contribution is 2.43. The van der Waals surface area contributed by atoms with Crippen LogP contribution in [0.15, 0.2) is 47.4 Å². The van der Waals surface area contributed by atoms with Crippen molar-refractivity contribution in [2.45, 2.75) is 30.2 Å². The zero-order valence-corrected chi connectivity index (χ0v) is 15.8. The Bertz CT molecular complexity index is 825. The predicted octanol–water partition coefficient (Wildman–Crippen LogP) is 4.35. The quantitative estimate of drug-likeness (QED) is 0.718. The second-order valence-electron chi connectivity index (χ2n) is 6.81. The number of halogens is 1. The number of thioether (sulfide) groups is 1. The molecule has 1 amide bonds. The Morgan fingerprint density at radius 3 is 2.70 bits per heavy atom. The van der Waals surface area contributed by atoms with E-state index in [4.69, 9.17) is 9.47 Å². The third-order valence-corrected chi connectivity index (χ3v) is 5.81.